The summed E-state index contributed by atoms with van der Waals surface area (Å²) in [5.41, 5.74) is 6.24. The summed E-state index contributed by atoms with van der Waals surface area (Å²) in [6.45, 7) is 20.6. The number of H-pyrrole nitrogens is 1. The van der Waals surface area contributed by atoms with E-state index in [1.165, 1.54) is 45.2 Å². The van der Waals surface area contributed by atoms with Crippen LogP contribution in [-0.2, 0) is 4.79 Å². The highest BCUT2D eigenvalue weighted by Crippen LogP contribution is 2.23. The zero-order valence-corrected chi connectivity index (χ0v) is 24.9. The van der Waals surface area contributed by atoms with Crippen molar-refractivity contribution in [2.45, 2.75) is 80.1 Å². The Morgan fingerprint density at radius 1 is 1.11 bits per heavy atom. The van der Waals surface area contributed by atoms with E-state index < -0.39 is 0 Å². The Bertz CT molecular complexity index is 1070. The van der Waals surface area contributed by atoms with Gasteiger partial charge in [-0.1, -0.05) is 33.4 Å². The number of likely N-dealkylation sites (tertiary alicyclic amines) is 1. The highest BCUT2D eigenvalue weighted by atomic mass is 16.1. The third-order valence-corrected chi connectivity index (χ3v) is 6.27. The Morgan fingerprint density at radius 3 is 2.29 bits per heavy atom. The van der Waals surface area contributed by atoms with Crippen LogP contribution in [0.3, 0.4) is 0 Å². The molecule has 2 N–H and O–H groups in total. The van der Waals surface area contributed by atoms with Crippen molar-refractivity contribution in [3.8, 4) is 0 Å². The average molecular weight is 523 g/mol. The lowest BCUT2D eigenvalue weighted by molar-refractivity contribution is -0.116. The molecule has 0 radical (unpaired) electrons. The number of allylic oxidation sites excluding steroid dienone is 2. The molecular weight excluding hydrogens is 472 g/mol. The van der Waals surface area contributed by atoms with Gasteiger partial charge in [-0.3, -0.25) is 4.99 Å². The molecule has 1 aromatic heterocycles. The third kappa shape index (κ3) is 12.0. The number of carbonyl (C=O) groups excluding carboxylic acids is 1. The second-order valence-corrected chi connectivity index (χ2v) is 9.53. The Balaban J connectivity index is 0.000000503. The fourth-order valence-corrected chi connectivity index (χ4v) is 3.87. The van der Waals surface area contributed by atoms with Gasteiger partial charge < -0.3 is 20.0 Å². The number of imidazole rings is 1. The molecule has 1 aliphatic heterocycles. The molecule has 0 amide bonds. The van der Waals surface area contributed by atoms with Gasteiger partial charge in [-0.05, 0) is 89.2 Å². The number of hydrogen-bond acceptors (Lipinski definition) is 6. The number of fused-ring (bicyclic) bond motifs is 1. The lowest BCUT2D eigenvalue weighted by Gasteiger charge is -2.28. The predicted molar refractivity (Wildman–Crippen MR) is 165 cm³/mol. The molecule has 0 aliphatic carbocycles. The molecule has 1 aromatic carbocycles. The lowest BCUT2D eigenvalue weighted by atomic mass is 9.99. The molecule has 2 heterocycles. The molecule has 3 rings (SSSR count). The van der Waals surface area contributed by atoms with Crippen molar-refractivity contribution >= 4 is 34.3 Å². The maximum absolute atomic E-state index is 9.81. The van der Waals surface area contributed by atoms with E-state index in [1.807, 2.05) is 26.1 Å². The molecular formula is C31H50N6O. The number of nitrogens with zero attached hydrogens (tertiary/aromatic N) is 4. The lowest BCUT2D eigenvalue weighted by Crippen LogP contribution is -2.28. The van der Waals surface area contributed by atoms with Gasteiger partial charge in [0.15, 0.2) is 0 Å². The van der Waals surface area contributed by atoms with Crippen LogP contribution in [0.15, 0.2) is 52.5 Å². The van der Waals surface area contributed by atoms with Gasteiger partial charge in [-0.15, -0.1) is 0 Å². The van der Waals surface area contributed by atoms with Crippen molar-refractivity contribution in [3.63, 3.8) is 0 Å². The number of nitrogens with one attached hydrogen (secondary N) is 2. The Hall–Kier alpha value is -3.06. The number of aromatic amines is 1. The van der Waals surface area contributed by atoms with E-state index in [9.17, 15) is 4.79 Å². The number of benzene rings is 1. The van der Waals surface area contributed by atoms with Crippen LogP contribution in [0.5, 0.6) is 0 Å². The smallest absolute Gasteiger partial charge is 0.129 e. The molecule has 0 saturated carbocycles. The van der Waals surface area contributed by atoms with E-state index in [1.54, 1.807) is 20.3 Å². The summed E-state index contributed by atoms with van der Waals surface area (Å²) < 4.78 is 0. The second kappa shape index (κ2) is 19.1. The average Bonchev–Trinajstić information content (AvgIpc) is 3.41. The van der Waals surface area contributed by atoms with Gasteiger partial charge in [-0.2, -0.15) is 0 Å². The summed E-state index contributed by atoms with van der Waals surface area (Å²) in [5.74, 6) is 1.10. The molecule has 7 heteroatoms. The van der Waals surface area contributed by atoms with Crippen molar-refractivity contribution in [3.05, 3.63) is 48.1 Å². The molecule has 210 valence electrons. The van der Waals surface area contributed by atoms with Crippen LogP contribution < -0.4 is 5.32 Å². The first-order valence-electron chi connectivity index (χ1n) is 14.0. The van der Waals surface area contributed by atoms with Crippen molar-refractivity contribution < 1.29 is 4.79 Å². The standard InChI is InChI=1S/C21H27N5.C6H15N.C4H8O/c1-15(18-8-9-20-21(12-18)24-14-23-20)19(13-22-4)16(2)25-17(3)26-10-6-5-7-11-26;1-3-5-7-6-4-2;1-3-4(2)5/h8-9,12-14H,3,5-7,10-11H2,1-2,4H3,(H,23,24);7H,3-6H2,1-2H3;3H2,1-2H3/b19-15+,22-13?,25-16-;;. The highest BCUT2D eigenvalue weighted by Gasteiger charge is 2.13. The molecule has 1 saturated heterocycles. The van der Waals surface area contributed by atoms with Gasteiger partial charge in [0.1, 0.15) is 11.6 Å². The monoisotopic (exact) mass is 522 g/mol. The number of aliphatic imine (C=N–C) groups is 2. The molecule has 38 heavy (non-hydrogen) atoms. The second-order valence-electron chi connectivity index (χ2n) is 9.53. The summed E-state index contributed by atoms with van der Waals surface area (Å²) >= 11 is 0. The van der Waals surface area contributed by atoms with Crippen LogP contribution in [0.2, 0.25) is 0 Å². The fraction of sp³-hybridized carbons (Fsp3) is 0.548. The minimum Gasteiger partial charge on any atom is -0.357 e. The number of piperidine rings is 1. The van der Waals surface area contributed by atoms with E-state index in [0.717, 1.165) is 52.4 Å². The van der Waals surface area contributed by atoms with Crippen LogP contribution in [0.4, 0.5) is 0 Å². The number of rotatable bonds is 10. The van der Waals surface area contributed by atoms with Gasteiger partial charge >= 0.3 is 0 Å². The minimum atomic E-state index is 0.255. The van der Waals surface area contributed by atoms with E-state index in [-0.39, 0.29) is 5.78 Å². The SMILES string of the molecule is C=C(/N=C(C)\C(C=NC)=C(/C)c1ccc2nc[nH]c2c1)N1CCCCC1.CCC(C)=O.CCCNCCC. The van der Waals surface area contributed by atoms with Crippen LogP contribution in [-0.4, -0.2) is 65.8 Å². The predicted octanol–water partition coefficient (Wildman–Crippen LogP) is 6.84. The number of carbonyl (C=O) groups is 1. The van der Waals surface area contributed by atoms with Crippen LogP contribution in [0, 0.1) is 0 Å². The van der Waals surface area contributed by atoms with E-state index in [4.69, 9.17) is 4.99 Å². The fourth-order valence-electron chi connectivity index (χ4n) is 3.87. The zero-order valence-electron chi connectivity index (χ0n) is 24.9. The molecule has 1 aliphatic rings. The van der Waals surface area contributed by atoms with E-state index in [2.05, 4.69) is 64.7 Å². The molecule has 0 atom stereocenters. The molecule has 7 nitrogen and oxygen atoms in total. The Kier molecular flexibility index (Phi) is 16.5. The van der Waals surface area contributed by atoms with Crippen LogP contribution >= 0.6 is 0 Å². The normalized spacial score (nSPS) is 14.4. The first-order chi connectivity index (χ1) is 18.3. The van der Waals surface area contributed by atoms with Gasteiger partial charge in [0.25, 0.3) is 0 Å². The minimum absolute atomic E-state index is 0.255. The highest BCUT2D eigenvalue weighted by molar-refractivity contribution is 6.20. The third-order valence-electron chi connectivity index (χ3n) is 6.27. The molecule has 2 aromatic rings. The summed E-state index contributed by atoms with van der Waals surface area (Å²) in [4.78, 5) is 28.6. The van der Waals surface area contributed by atoms with Crippen molar-refractivity contribution in [2.75, 3.05) is 33.2 Å². The first-order valence-corrected chi connectivity index (χ1v) is 14.0. The molecule has 0 spiro atoms. The van der Waals surface area contributed by atoms with Gasteiger partial charge in [0, 0.05) is 44.1 Å². The van der Waals surface area contributed by atoms with Crippen LogP contribution in [0.1, 0.15) is 85.6 Å². The Morgan fingerprint density at radius 2 is 1.74 bits per heavy atom. The largest absolute Gasteiger partial charge is 0.357 e. The van der Waals surface area contributed by atoms with Gasteiger partial charge in [0.2, 0.25) is 0 Å². The van der Waals surface area contributed by atoms with E-state index in [0.29, 0.717) is 6.42 Å². The van der Waals surface area contributed by atoms with Crippen molar-refractivity contribution in [1.82, 2.24) is 20.2 Å². The van der Waals surface area contributed by atoms with Gasteiger partial charge in [0.05, 0.1) is 17.4 Å². The summed E-state index contributed by atoms with van der Waals surface area (Å²) in [7, 11) is 1.79. The van der Waals surface area contributed by atoms with Crippen molar-refractivity contribution in [1.29, 1.82) is 0 Å². The maximum atomic E-state index is 9.81. The number of Topliss-reactive ketones (excluding diaryl/α,β-unsaturated/α-hetero) is 1. The quantitative estimate of drug-likeness (QED) is 0.264. The first kappa shape index (κ1) is 33.0. The van der Waals surface area contributed by atoms with Gasteiger partial charge in [-0.25, -0.2) is 9.98 Å². The number of aromatic nitrogens is 2. The summed E-state index contributed by atoms with van der Waals surface area (Å²) in [6.07, 6.45) is 10.5. The topological polar surface area (TPSA) is 85.7 Å². The maximum Gasteiger partial charge on any atom is 0.129 e. The number of hydrogen-bond donors (Lipinski definition) is 2. The molecule has 0 unspecified atom stereocenters. The van der Waals surface area contributed by atoms with Crippen LogP contribution in [0.25, 0.3) is 16.6 Å². The van der Waals surface area contributed by atoms with E-state index >= 15 is 0 Å². The molecule has 0 bridgehead atoms. The molecule has 1 fully saturated rings. The zero-order chi connectivity index (χ0) is 28.3. The van der Waals surface area contributed by atoms with Crippen molar-refractivity contribution in [2.24, 2.45) is 9.98 Å². The number of ketones is 1. The summed E-state index contributed by atoms with van der Waals surface area (Å²) in [6, 6.07) is 6.24. The summed E-state index contributed by atoms with van der Waals surface area (Å²) in [5, 5.41) is 3.28. The Labute approximate surface area is 230 Å².